The van der Waals surface area contributed by atoms with Crippen molar-refractivity contribution in [3.63, 3.8) is 0 Å². The van der Waals surface area contributed by atoms with Crippen molar-refractivity contribution < 1.29 is 4.57 Å². The van der Waals surface area contributed by atoms with Crippen LogP contribution in [0.3, 0.4) is 0 Å². The van der Waals surface area contributed by atoms with Crippen LogP contribution in [0.2, 0.25) is 0 Å². The number of benzene rings is 1. The first kappa shape index (κ1) is 10.1. The molecule has 0 aliphatic rings. The molecule has 0 spiro atoms. The van der Waals surface area contributed by atoms with E-state index in [1.54, 1.807) is 37.9 Å². The lowest BCUT2D eigenvalue weighted by Gasteiger charge is -2.12. The van der Waals surface area contributed by atoms with Crippen molar-refractivity contribution in [2.45, 2.75) is 0 Å². The highest BCUT2D eigenvalue weighted by atomic mass is 31.2. The Morgan fingerprint density at radius 3 is 2.53 bits per heavy atom. The summed E-state index contributed by atoms with van der Waals surface area (Å²) in [6.07, 6.45) is 3.19. The van der Waals surface area contributed by atoms with E-state index in [1.807, 2.05) is 0 Å². The normalized spacial score (nSPS) is 11.9. The average Bonchev–Trinajstić information content (AvgIpc) is 2.15. The molecule has 0 aliphatic carbocycles. The second kappa shape index (κ2) is 3.31. The van der Waals surface area contributed by atoms with Gasteiger partial charge >= 0.3 is 0 Å². The number of fused-ring (bicyclic) bond motifs is 1. The number of nitrogens with two attached hydrogens (primary N) is 1. The maximum Gasteiger partial charge on any atom is 0.114 e. The fraction of sp³-hybridized carbons (Fsp3) is 0.200. The van der Waals surface area contributed by atoms with Crippen LogP contribution in [0.15, 0.2) is 24.5 Å². The molecule has 0 fully saturated rings. The van der Waals surface area contributed by atoms with E-state index in [0.717, 1.165) is 5.52 Å². The van der Waals surface area contributed by atoms with Gasteiger partial charge in [0.15, 0.2) is 0 Å². The molecule has 0 unspecified atom stereocenters. The smallest absolute Gasteiger partial charge is 0.114 e. The zero-order chi connectivity index (χ0) is 11.1. The van der Waals surface area contributed by atoms with Gasteiger partial charge in [0, 0.05) is 18.1 Å². The zero-order valence-corrected chi connectivity index (χ0v) is 9.53. The molecule has 2 N–H and O–H groups in total. The van der Waals surface area contributed by atoms with E-state index in [0.29, 0.717) is 16.5 Å². The van der Waals surface area contributed by atoms with Crippen LogP contribution < -0.4 is 11.0 Å². The van der Waals surface area contributed by atoms with Crippen molar-refractivity contribution in [1.82, 2.24) is 9.97 Å². The minimum Gasteiger partial charge on any atom is -0.398 e. The largest absolute Gasteiger partial charge is 0.398 e. The lowest BCUT2D eigenvalue weighted by Crippen LogP contribution is -2.12. The van der Waals surface area contributed by atoms with Gasteiger partial charge in [-0.3, -0.25) is 9.97 Å². The summed E-state index contributed by atoms with van der Waals surface area (Å²) in [5, 5.41) is 0.633. The van der Waals surface area contributed by atoms with Crippen molar-refractivity contribution in [2.75, 3.05) is 19.1 Å². The number of hydrogen-bond donors (Lipinski definition) is 1. The maximum atomic E-state index is 12.1. The van der Waals surface area contributed by atoms with Gasteiger partial charge < -0.3 is 10.3 Å². The minimum absolute atomic E-state index is 0.524. The summed E-state index contributed by atoms with van der Waals surface area (Å²) in [5.41, 5.74) is 7.73. The Bertz CT molecular complexity index is 562. The number of hydrogen-bond acceptors (Lipinski definition) is 4. The lowest BCUT2D eigenvalue weighted by atomic mass is 10.2. The predicted octanol–water partition coefficient (Wildman–Crippen LogP) is 1.46. The topological polar surface area (TPSA) is 68.9 Å². The Kier molecular flexibility index (Phi) is 2.24. The molecule has 0 saturated heterocycles. The number of nitrogens with zero attached hydrogens (tertiary/aromatic N) is 2. The van der Waals surface area contributed by atoms with Crippen molar-refractivity contribution >= 4 is 29.2 Å². The second-order valence-electron chi connectivity index (χ2n) is 3.78. The van der Waals surface area contributed by atoms with Crippen LogP contribution in [0.1, 0.15) is 0 Å². The van der Waals surface area contributed by atoms with Gasteiger partial charge in [-0.2, -0.15) is 0 Å². The quantitative estimate of drug-likeness (QED) is 0.584. The highest BCUT2D eigenvalue weighted by Crippen LogP contribution is 2.39. The Morgan fingerprint density at radius 1 is 1.20 bits per heavy atom. The molecule has 1 heterocycles. The first-order valence-electron chi connectivity index (χ1n) is 4.55. The standard InChI is InChI=1S/C10H12N3OP/c1-15(2,14)10-7(11)3-4-8-9(10)13-6-5-12-8/h3-6H,11H2,1-2H3. The summed E-state index contributed by atoms with van der Waals surface area (Å²) in [6, 6.07) is 3.52. The Hall–Kier alpha value is -1.41. The fourth-order valence-electron chi connectivity index (χ4n) is 1.60. The van der Waals surface area contributed by atoms with Crippen LogP contribution in [0.25, 0.3) is 11.0 Å². The van der Waals surface area contributed by atoms with Gasteiger partial charge in [0.1, 0.15) is 12.7 Å². The van der Waals surface area contributed by atoms with E-state index in [-0.39, 0.29) is 0 Å². The van der Waals surface area contributed by atoms with Crippen LogP contribution in [-0.4, -0.2) is 23.3 Å². The van der Waals surface area contributed by atoms with Crippen molar-refractivity contribution in [1.29, 1.82) is 0 Å². The van der Waals surface area contributed by atoms with Crippen LogP contribution in [0.5, 0.6) is 0 Å². The number of rotatable bonds is 1. The van der Waals surface area contributed by atoms with Gasteiger partial charge in [0.25, 0.3) is 0 Å². The molecule has 1 aromatic heterocycles. The van der Waals surface area contributed by atoms with Crippen LogP contribution in [0, 0.1) is 0 Å². The Morgan fingerprint density at radius 2 is 1.87 bits per heavy atom. The third kappa shape index (κ3) is 1.73. The van der Waals surface area contributed by atoms with E-state index in [4.69, 9.17) is 5.73 Å². The van der Waals surface area contributed by atoms with Crippen molar-refractivity contribution in [3.05, 3.63) is 24.5 Å². The highest BCUT2D eigenvalue weighted by molar-refractivity contribution is 7.71. The Balaban J connectivity index is 2.92. The fourth-order valence-corrected chi connectivity index (χ4v) is 2.98. The highest BCUT2D eigenvalue weighted by Gasteiger charge is 2.19. The molecule has 4 nitrogen and oxygen atoms in total. The summed E-state index contributed by atoms with van der Waals surface area (Å²) in [7, 11) is -2.43. The molecule has 0 saturated carbocycles. The van der Waals surface area contributed by atoms with Crippen molar-refractivity contribution in [2.24, 2.45) is 0 Å². The molecule has 2 rings (SSSR count). The SMILES string of the molecule is CP(C)(=O)c1c(N)ccc2nccnc12. The number of anilines is 1. The summed E-state index contributed by atoms with van der Waals surface area (Å²) >= 11 is 0. The zero-order valence-electron chi connectivity index (χ0n) is 8.64. The lowest BCUT2D eigenvalue weighted by molar-refractivity contribution is 0.588. The van der Waals surface area contributed by atoms with Crippen LogP contribution in [-0.2, 0) is 4.57 Å². The van der Waals surface area contributed by atoms with Gasteiger partial charge in [-0.15, -0.1) is 0 Å². The molecule has 78 valence electrons. The first-order chi connectivity index (χ1) is 7.00. The molecular formula is C10H12N3OP. The third-order valence-electron chi connectivity index (χ3n) is 2.18. The second-order valence-corrected chi connectivity index (χ2v) is 6.93. The number of nitrogen functional groups attached to an aromatic ring is 1. The van der Waals surface area contributed by atoms with Gasteiger partial charge in [-0.05, 0) is 25.5 Å². The molecule has 0 bridgehead atoms. The van der Waals surface area contributed by atoms with Gasteiger partial charge in [0.05, 0.1) is 10.8 Å². The van der Waals surface area contributed by atoms with Crippen LogP contribution >= 0.6 is 7.14 Å². The van der Waals surface area contributed by atoms with Crippen LogP contribution in [0.4, 0.5) is 5.69 Å². The molecule has 5 heteroatoms. The molecule has 1 aromatic carbocycles. The van der Waals surface area contributed by atoms with Crippen molar-refractivity contribution in [3.8, 4) is 0 Å². The summed E-state index contributed by atoms with van der Waals surface area (Å²) in [6.45, 7) is 3.37. The van der Waals surface area contributed by atoms with E-state index in [9.17, 15) is 4.57 Å². The average molecular weight is 221 g/mol. The number of aromatic nitrogens is 2. The summed E-state index contributed by atoms with van der Waals surface area (Å²) in [4.78, 5) is 8.35. The van der Waals surface area contributed by atoms with E-state index < -0.39 is 7.14 Å². The third-order valence-corrected chi connectivity index (χ3v) is 3.73. The maximum absolute atomic E-state index is 12.1. The predicted molar refractivity (Wildman–Crippen MR) is 63.0 cm³/mol. The van der Waals surface area contributed by atoms with Gasteiger partial charge in [0.2, 0.25) is 0 Å². The molecule has 0 radical (unpaired) electrons. The van der Waals surface area contributed by atoms with E-state index in [2.05, 4.69) is 9.97 Å². The summed E-state index contributed by atoms with van der Waals surface area (Å²) in [5.74, 6) is 0. The first-order valence-corrected chi connectivity index (χ1v) is 7.15. The molecule has 0 amide bonds. The van der Waals surface area contributed by atoms with E-state index in [1.165, 1.54) is 0 Å². The van der Waals surface area contributed by atoms with Gasteiger partial charge in [-0.25, -0.2) is 0 Å². The Labute approximate surface area is 87.9 Å². The molecule has 0 atom stereocenters. The van der Waals surface area contributed by atoms with E-state index >= 15 is 0 Å². The molecule has 15 heavy (non-hydrogen) atoms. The summed E-state index contributed by atoms with van der Waals surface area (Å²) < 4.78 is 12.1. The minimum atomic E-state index is -2.43. The molecular weight excluding hydrogens is 209 g/mol. The van der Waals surface area contributed by atoms with Gasteiger partial charge in [-0.1, -0.05) is 0 Å². The molecule has 0 aliphatic heterocycles. The monoisotopic (exact) mass is 221 g/mol. The molecule has 2 aromatic rings.